The van der Waals surface area contributed by atoms with Gasteiger partial charge in [0.25, 0.3) is 11.8 Å². The Kier molecular flexibility index (Phi) is 6.31. The lowest BCUT2D eigenvalue weighted by atomic mass is 10.0. The third kappa shape index (κ3) is 4.25. The Morgan fingerprint density at radius 3 is 2.30 bits per heavy atom. The van der Waals surface area contributed by atoms with E-state index in [-0.39, 0.29) is 11.3 Å². The predicted octanol–water partition coefficient (Wildman–Crippen LogP) is 4.50. The first-order valence-corrected chi connectivity index (χ1v) is 10.5. The number of benzene rings is 3. The van der Waals surface area contributed by atoms with Crippen molar-refractivity contribution in [1.82, 2.24) is 0 Å². The maximum atomic E-state index is 13.6. The van der Waals surface area contributed by atoms with Crippen molar-refractivity contribution in [2.75, 3.05) is 31.0 Å². The minimum Gasteiger partial charge on any atom is -0.497 e. The highest BCUT2D eigenvalue weighted by Crippen LogP contribution is 2.37. The molecule has 3 aromatic carbocycles. The fourth-order valence-corrected chi connectivity index (χ4v) is 3.68. The molecule has 168 valence electrons. The maximum Gasteiger partial charge on any atom is 0.282 e. The molecular weight excluding hydrogens is 420 g/mol. The number of rotatable bonds is 8. The number of ether oxygens (including phenoxy) is 3. The predicted molar refractivity (Wildman–Crippen MR) is 127 cm³/mol. The number of hydrogen-bond donors (Lipinski definition) is 1. The summed E-state index contributed by atoms with van der Waals surface area (Å²) in [6.07, 6.45) is 0. The van der Waals surface area contributed by atoms with Crippen LogP contribution in [-0.4, -0.2) is 32.6 Å². The van der Waals surface area contributed by atoms with E-state index in [0.717, 1.165) is 4.90 Å². The number of methoxy groups -OCH3 is 2. The fourth-order valence-electron chi connectivity index (χ4n) is 3.68. The van der Waals surface area contributed by atoms with Gasteiger partial charge >= 0.3 is 0 Å². The van der Waals surface area contributed by atoms with Gasteiger partial charge in [0.2, 0.25) is 0 Å². The average Bonchev–Trinajstić information content (AvgIpc) is 3.09. The molecule has 0 radical (unpaired) electrons. The largest absolute Gasteiger partial charge is 0.497 e. The van der Waals surface area contributed by atoms with E-state index in [1.165, 1.54) is 7.11 Å². The highest BCUT2D eigenvalue weighted by Gasteiger charge is 2.40. The lowest BCUT2D eigenvalue weighted by Crippen LogP contribution is -2.32. The van der Waals surface area contributed by atoms with E-state index in [9.17, 15) is 9.59 Å². The topological polar surface area (TPSA) is 77.1 Å². The fraction of sp³-hybridized carbons (Fsp3) is 0.154. The van der Waals surface area contributed by atoms with Crippen LogP contribution in [0.15, 0.2) is 78.5 Å². The zero-order valence-electron chi connectivity index (χ0n) is 18.6. The molecule has 0 bridgehead atoms. The van der Waals surface area contributed by atoms with Crippen molar-refractivity contribution < 1.29 is 23.8 Å². The van der Waals surface area contributed by atoms with Gasteiger partial charge in [-0.1, -0.05) is 36.4 Å². The van der Waals surface area contributed by atoms with Crippen LogP contribution in [0.3, 0.4) is 0 Å². The van der Waals surface area contributed by atoms with Gasteiger partial charge in [-0.2, -0.15) is 0 Å². The Balaban J connectivity index is 1.82. The van der Waals surface area contributed by atoms with Gasteiger partial charge in [0, 0.05) is 12.1 Å². The number of nitrogens with one attached hydrogen (secondary N) is 1. The van der Waals surface area contributed by atoms with Crippen molar-refractivity contribution in [3.05, 3.63) is 84.1 Å². The molecule has 0 aliphatic carbocycles. The first kappa shape index (κ1) is 22.0. The van der Waals surface area contributed by atoms with Crippen LogP contribution in [0.2, 0.25) is 0 Å². The Morgan fingerprint density at radius 2 is 1.61 bits per heavy atom. The van der Waals surface area contributed by atoms with Crippen LogP contribution in [0.4, 0.5) is 11.4 Å². The van der Waals surface area contributed by atoms with Crippen LogP contribution in [0.5, 0.6) is 17.2 Å². The van der Waals surface area contributed by atoms with Crippen LogP contribution >= 0.6 is 0 Å². The molecule has 0 saturated carbocycles. The Hall–Kier alpha value is -4.26. The zero-order valence-corrected chi connectivity index (χ0v) is 18.6. The zero-order chi connectivity index (χ0) is 23.4. The van der Waals surface area contributed by atoms with Crippen LogP contribution < -0.4 is 24.4 Å². The van der Waals surface area contributed by atoms with E-state index >= 15 is 0 Å². The number of carbonyl (C=O) groups is 2. The standard InChI is InChI=1S/C26H24N2O5/c1-4-33-20-12-8-11-18(15-20)28-25(29)23(17-9-6-5-7-10-17)24(26(28)30)27-21-16-19(31-2)13-14-22(21)32-3/h5-16,27H,4H2,1-3H3. The van der Waals surface area contributed by atoms with E-state index in [4.69, 9.17) is 14.2 Å². The number of anilines is 2. The molecule has 1 aliphatic heterocycles. The van der Waals surface area contributed by atoms with Crippen molar-refractivity contribution in [2.45, 2.75) is 6.92 Å². The molecule has 1 heterocycles. The first-order valence-electron chi connectivity index (χ1n) is 10.5. The van der Waals surface area contributed by atoms with Gasteiger partial charge in [0.05, 0.1) is 37.8 Å². The maximum absolute atomic E-state index is 13.6. The Bertz CT molecular complexity index is 1220. The summed E-state index contributed by atoms with van der Waals surface area (Å²) in [6.45, 7) is 2.35. The van der Waals surface area contributed by atoms with Gasteiger partial charge in [-0.25, -0.2) is 4.90 Å². The van der Waals surface area contributed by atoms with Crippen LogP contribution in [0.25, 0.3) is 5.57 Å². The second kappa shape index (κ2) is 9.48. The molecule has 4 rings (SSSR count). The highest BCUT2D eigenvalue weighted by atomic mass is 16.5. The summed E-state index contributed by atoms with van der Waals surface area (Å²) in [4.78, 5) is 28.3. The second-order valence-corrected chi connectivity index (χ2v) is 7.18. The lowest BCUT2D eigenvalue weighted by Gasteiger charge is -2.17. The molecule has 0 saturated heterocycles. The van der Waals surface area contributed by atoms with Gasteiger partial charge in [-0.05, 0) is 36.8 Å². The van der Waals surface area contributed by atoms with Crippen molar-refractivity contribution in [2.24, 2.45) is 0 Å². The summed E-state index contributed by atoms with van der Waals surface area (Å²) in [5, 5.41) is 3.13. The number of imide groups is 1. The summed E-state index contributed by atoms with van der Waals surface area (Å²) < 4.78 is 16.3. The molecule has 0 atom stereocenters. The van der Waals surface area contributed by atoms with E-state index in [1.807, 2.05) is 25.1 Å². The molecule has 0 aromatic heterocycles. The average molecular weight is 444 g/mol. The lowest BCUT2D eigenvalue weighted by molar-refractivity contribution is -0.120. The van der Waals surface area contributed by atoms with Gasteiger partial charge in [-0.3, -0.25) is 9.59 Å². The molecule has 0 fully saturated rings. The summed E-state index contributed by atoms with van der Waals surface area (Å²) in [5.74, 6) is 0.764. The Morgan fingerprint density at radius 1 is 0.818 bits per heavy atom. The molecule has 33 heavy (non-hydrogen) atoms. The molecule has 2 amide bonds. The normalized spacial score (nSPS) is 13.4. The molecule has 7 nitrogen and oxygen atoms in total. The van der Waals surface area contributed by atoms with E-state index in [0.29, 0.717) is 40.8 Å². The molecule has 7 heteroatoms. The number of hydrogen-bond acceptors (Lipinski definition) is 6. The highest BCUT2D eigenvalue weighted by molar-refractivity contribution is 6.46. The minimum atomic E-state index is -0.475. The van der Waals surface area contributed by atoms with Gasteiger partial charge in [0.1, 0.15) is 22.9 Å². The van der Waals surface area contributed by atoms with E-state index in [1.54, 1.807) is 61.7 Å². The summed E-state index contributed by atoms with van der Waals surface area (Å²) in [5.41, 5.74) is 1.99. The van der Waals surface area contributed by atoms with Gasteiger partial charge < -0.3 is 19.5 Å². The number of amides is 2. The quantitative estimate of drug-likeness (QED) is 0.516. The van der Waals surface area contributed by atoms with Crippen molar-refractivity contribution >= 4 is 28.8 Å². The van der Waals surface area contributed by atoms with Crippen molar-refractivity contribution in [1.29, 1.82) is 0 Å². The number of carbonyl (C=O) groups excluding carboxylic acids is 2. The minimum absolute atomic E-state index is 0.152. The molecule has 0 unspecified atom stereocenters. The summed E-state index contributed by atoms with van der Waals surface area (Å²) in [6, 6.07) is 21.2. The first-order chi connectivity index (χ1) is 16.1. The number of nitrogens with zero attached hydrogens (tertiary/aromatic N) is 1. The van der Waals surface area contributed by atoms with Crippen LogP contribution in [-0.2, 0) is 9.59 Å². The second-order valence-electron chi connectivity index (χ2n) is 7.18. The summed E-state index contributed by atoms with van der Waals surface area (Å²) >= 11 is 0. The smallest absolute Gasteiger partial charge is 0.282 e. The van der Waals surface area contributed by atoms with Crippen LogP contribution in [0, 0.1) is 0 Å². The molecule has 1 N–H and O–H groups in total. The Labute approximate surface area is 192 Å². The molecular formula is C26H24N2O5. The third-order valence-electron chi connectivity index (χ3n) is 5.20. The molecule has 0 spiro atoms. The SMILES string of the molecule is CCOc1cccc(N2C(=O)C(Nc3cc(OC)ccc3OC)=C(c3ccccc3)C2=O)c1. The summed E-state index contributed by atoms with van der Waals surface area (Å²) in [7, 11) is 3.09. The molecule has 1 aliphatic rings. The van der Waals surface area contributed by atoms with Crippen LogP contribution in [0.1, 0.15) is 12.5 Å². The van der Waals surface area contributed by atoms with E-state index in [2.05, 4.69) is 5.32 Å². The third-order valence-corrected chi connectivity index (χ3v) is 5.20. The van der Waals surface area contributed by atoms with E-state index < -0.39 is 11.8 Å². The molecule has 3 aromatic rings. The van der Waals surface area contributed by atoms with Gasteiger partial charge in [-0.15, -0.1) is 0 Å². The van der Waals surface area contributed by atoms with Crippen molar-refractivity contribution in [3.63, 3.8) is 0 Å². The van der Waals surface area contributed by atoms with Crippen molar-refractivity contribution in [3.8, 4) is 17.2 Å². The monoisotopic (exact) mass is 444 g/mol. The van der Waals surface area contributed by atoms with Gasteiger partial charge in [0.15, 0.2) is 0 Å².